The fourth-order valence-electron chi connectivity index (χ4n) is 3.19. The van der Waals surface area contributed by atoms with Crippen molar-refractivity contribution in [3.05, 3.63) is 45.9 Å². The van der Waals surface area contributed by atoms with Crippen LogP contribution in [0.1, 0.15) is 29.8 Å². The summed E-state index contributed by atoms with van der Waals surface area (Å²) in [5.74, 6) is 0.938. The van der Waals surface area contributed by atoms with Crippen molar-refractivity contribution in [2.45, 2.75) is 20.3 Å². The Morgan fingerprint density at radius 1 is 1.27 bits per heavy atom. The lowest BCUT2D eigenvalue weighted by atomic mass is 10.1. The van der Waals surface area contributed by atoms with Gasteiger partial charge in [-0.25, -0.2) is 0 Å². The summed E-state index contributed by atoms with van der Waals surface area (Å²) in [6.45, 7) is 6.56. The predicted molar refractivity (Wildman–Crippen MR) is 108 cm³/mol. The number of fused-ring (bicyclic) bond motifs is 1. The second kappa shape index (κ2) is 7.99. The zero-order valence-corrected chi connectivity index (χ0v) is 16.9. The fraction of sp³-hybridized carbons (Fsp3) is 0.350. The van der Waals surface area contributed by atoms with Gasteiger partial charge in [0.25, 0.3) is 5.91 Å². The Bertz CT molecular complexity index is 823. The Morgan fingerprint density at radius 2 is 2.08 bits per heavy atom. The quantitative estimate of drug-likeness (QED) is 0.750. The molecule has 0 aliphatic carbocycles. The highest BCUT2D eigenvalue weighted by Gasteiger charge is 2.19. The number of carbonyl (C=O) groups is 1. The van der Waals surface area contributed by atoms with Crippen LogP contribution in [-0.2, 0) is 6.42 Å². The van der Waals surface area contributed by atoms with E-state index < -0.39 is 0 Å². The minimum Gasteiger partial charge on any atom is -0.493 e. The minimum absolute atomic E-state index is 0.187. The second-order valence-corrected chi connectivity index (χ2v) is 6.90. The van der Waals surface area contributed by atoms with Crippen LogP contribution in [0.15, 0.2) is 34.8 Å². The van der Waals surface area contributed by atoms with Gasteiger partial charge >= 0.3 is 0 Å². The van der Waals surface area contributed by atoms with Gasteiger partial charge in [-0.05, 0) is 66.0 Å². The predicted octanol–water partition coefficient (Wildman–Crippen LogP) is 4.49. The summed E-state index contributed by atoms with van der Waals surface area (Å²) in [6.07, 6.45) is 1.06. The molecule has 1 amide bonds. The van der Waals surface area contributed by atoms with E-state index >= 15 is 0 Å². The molecule has 5 nitrogen and oxygen atoms in total. The molecule has 2 aromatic rings. The number of anilines is 2. The summed E-state index contributed by atoms with van der Waals surface area (Å²) < 4.78 is 11.6. The molecule has 0 aromatic heterocycles. The number of carbonyl (C=O) groups excluding carboxylic acids is 1. The maximum Gasteiger partial charge on any atom is 0.255 e. The third kappa shape index (κ3) is 3.65. The van der Waals surface area contributed by atoms with Crippen molar-refractivity contribution in [3.63, 3.8) is 0 Å². The molecule has 3 rings (SSSR count). The van der Waals surface area contributed by atoms with Crippen LogP contribution in [0.3, 0.4) is 0 Å². The van der Waals surface area contributed by atoms with Gasteiger partial charge < -0.3 is 19.7 Å². The Balaban J connectivity index is 1.84. The molecule has 6 heteroatoms. The Morgan fingerprint density at radius 3 is 2.77 bits per heavy atom. The molecule has 26 heavy (non-hydrogen) atoms. The number of amides is 1. The molecule has 0 fully saturated rings. The summed E-state index contributed by atoms with van der Waals surface area (Å²) >= 11 is 3.46. The summed E-state index contributed by atoms with van der Waals surface area (Å²) in [5, 5.41) is 2.98. The van der Waals surface area contributed by atoms with Crippen molar-refractivity contribution >= 4 is 33.2 Å². The van der Waals surface area contributed by atoms with Crippen molar-refractivity contribution in [1.29, 1.82) is 0 Å². The largest absolute Gasteiger partial charge is 0.493 e. The van der Waals surface area contributed by atoms with Crippen LogP contribution in [0, 0.1) is 0 Å². The molecule has 2 aromatic carbocycles. The topological polar surface area (TPSA) is 50.8 Å². The van der Waals surface area contributed by atoms with Gasteiger partial charge in [-0.3, -0.25) is 4.79 Å². The molecule has 0 unspecified atom stereocenters. The van der Waals surface area contributed by atoms with Crippen LogP contribution in [-0.4, -0.2) is 32.7 Å². The van der Waals surface area contributed by atoms with Gasteiger partial charge in [-0.15, -0.1) is 0 Å². The van der Waals surface area contributed by atoms with E-state index in [-0.39, 0.29) is 5.91 Å². The molecular formula is C20H23BrN2O3. The normalized spacial score (nSPS) is 12.7. The molecule has 138 valence electrons. The number of benzene rings is 2. The first-order valence-electron chi connectivity index (χ1n) is 8.76. The van der Waals surface area contributed by atoms with Gasteiger partial charge in [0.05, 0.1) is 18.2 Å². The number of hydrogen-bond acceptors (Lipinski definition) is 4. The van der Waals surface area contributed by atoms with E-state index in [0.29, 0.717) is 28.1 Å². The summed E-state index contributed by atoms with van der Waals surface area (Å²) in [5.41, 5.74) is 3.83. The van der Waals surface area contributed by atoms with Crippen LogP contribution < -0.4 is 19.7 Å². The third-order valence-electron chi connectivity index (χ3n) is 4.50. The van der Waals surface area contributed by atoms with Crippen LogP contribution in [0.25, 0.3) is 0 Å². The van der Waals surface area contributed by atoms with Crippen molar-refractivity contribution < 1.29 is 14.3 Å². The van der Waals surface area contributed by atoms with Gasteiger partial charge in [-0.2, -0.15) is 0 Å². The minimum atomic E-state index is -0.187. The van der Waals surface area contributed by atoms with Crippen molar-refractivity contribution in [2.24, 2.45) is 0 Å². The first-order valence-corrected chi connectivity index (χ1v) is 9.56. The number of ether oxygens (including phenoxy) is 2. The SMILES string of the molecule is CCOc1c(Br)cc(C(=O)Nc2ccc3c(c2)N(CC)CC3)cc1OC. The van der Waals surface area contributed by atoms with Crippen LogP contribution in [0.4, 0.5) is 11.4 Å². The summed E-state index contributed by atoms with van der Waals surface area (Å²) in [6, 6.07) is 9.53. The zero-order chi connectivity index (χ0) is 18.7. The van der Waals surface area contributed by atoms with Gasteiger partial charge in [0.2, 0.25) is 0 Å². The lowest BCUT2D eigenvalue weighted by Gasteiger charge is -2.17. The van der Waals surface area contributed by atoms with Crippen molar-refractivity contribution in [1.82, 2.24) is 0 Å². The number of likely N-dealkylation sites (N-methyl/N-ethyl adjacent to an activating group) is 1. The monoisotopic (exact) mass is 418 g/mol. The highest BCUT2D eigenvalue weighted by molar-refractivity contribution is 9.10. The Kier molecular flexibility index (Phi) is 5.71. The Labute approximate surface area is 162 Å². The van der Waals surface area contributed by atoms with E-state index in [4.69, 9.17) is 9.47 Å². The van der Waals surface area contributed by atoms with Gasteiger partial charge in [0, 0.05) is 30.0 Å². The lowest BCUT2D eigenvalue weighted by molar-refractivity contribution is 0.102. The van der Waals surface area contributed by atoms with Gasteiger partial charge in [0.15, 0.2) is 11.5 Å². The first kappa shape index (κ1) is 18.6. The standard InChI is InChI=1S/C20H23BrN2O3/c1-4-23-9-8-13-6-7-15(12-17(13)23)22-20(24)14-10-16(21)19(26-5-2)18(11-14)25-3/h6-7,10-12H,4-5,8-9H2,1-3H3,(H,22,24). The summed E-state index contributed by atoms with van der Waals surface area (Å²) in [7, 11) is 1.56. The highest BCUT2D eigenvalue weighted by atomic mass is 79.9. The lowest BCUT2D eigenvalue weighted by Crippen LogP contribution is -2.19. The zero-order valence-electron chi connectivity index (χ0n) is 15.3. The van der Waals surface area contributed by atoms with Crippen LogP contribution in [0.2, 0.25) is 0 Å². The molecule has 1 N–H and O–H groups in total. The van der Waals surface area contributed by atoms with E-state index in [1.165, 1.54) is 11.3 Å². The highest BCUT2D eigenvalue weighted by Crippen LogP contribution is 2.37. The van der Waals surface area contributed by atoms with Crippen LogP contribution >= 0.6 is 15.9 Å². The fourth-order valence-corrected chi connectivity index (χ4v) is 3.75. The van der Waals surface area contributed by atoms with Gasteiger partial charge in [0.1, 0.15) is 0 Å². The molecule has 0 bridgehead atoms. The van der Waals surface area contributed by atoms with Gasteiger partial charge in [-0.1, -0.05) is 6.07 Å². The van der Waals surface area contributed by atoms with Crippen molar-refractivity contribution in [2.75, 3.05) is 37.0 Å². The Hall–Kier alpha value is -2.21. The van der Waals surface area contributed by atoms with E-state index in [2.05, 4.69) is 39.1 Å². The number of rotatable bonds is 6. The molecular weight excluding hydrogens is 396 g/mol. The first-order chi connectivity index (χ1) is 12.6. The molecule has 0 saturated carbocycles. The van der Waals surface area contributed by atoms with E-state index in [1.54, 1.807) is 19.2 Å². The smallest absolute Gasteiger partial charge is 0.255 e. The third-order valence-corrected chi connectivity index (χ3v) is 5.09. The molecule has 1 heterocycles. The van der Waals surface area contributed by atoms with Crippen LogP contribution in [0.5, 0.6) is 11.5 Å². The average Bonchev–Trinajstić information content (AvgIpc) is 3.05. The maximum absolute atomic E-state index is 12.7. The number of nitrogens with one attached hydrogen (secondary N) is 1. The molecule has 1 aliphatic heterocycles. The maximum atomic E-state index is 12.7. The molecule has 0 atom stereocenters. The average molecular weight is 419 g/mol. The van der Waals surface area contributed by atoms with E-state index in [1.807, 2.05) is 19.1 Å². The van der Waals surface area contributed by atoms with Crippen molar-refractivity contribution in [3.8, 4) is 11.5 Å². The number of halogens is 1. The molecule has 1 aliphatic rings. The number of nitrogens with zero attached hydrogens (tertiary/aromatic N) is 1. The molecule has 0 spiro atoms. The number of hydrogen-bond donors (Lipinski definition) is 1. The number of methoxy groups -OCH3 is 1. The van der Waals surface area contributed by atoms with E-state index in [0.717, 1.165) is 25.2 Å². The van der Waals surface area contributed by atoms with E-state index in [9.17, 15) is 4.79 Å². The summed E-state index contributed by atoms with van der Waals surface area (Å²) in [4.78, 5) is 15.0. The second-order valence-electron chi connectivity index (χ2n) is 6.05. The molecule has 0 radical (unpaired) electrons. The molecule has 0 saturated heterocycles.